The minimum absolute atomic E-state index is 0.0394. The number of fused-ring (bicyclic) bond motifs is 5. The molecule has 0 bridgehead atoms. The van der Waals surface area contributed by atoms with E-state index in [0.717, 1.165) is 45.1 Å². The van der Waals surface area contributed by atoms with Crippen molar-refractivity contribution in [3.63, 3.8) is 0 Å². The van der Waals surface area contributed by atoms with E-state index < -0.39 is 11.6 Å². The summed E-state index contributed by atoms with van der Waals surface area (Å²) in [6.07, 6.45) is 7.54. The van der Waals surface area contributed by atoms with E-state index in [4.69, 9.17) is 4.74 Å². The highest BCUT2D eigenvalue weighted by molar-refractivity contribution is 6.00. The molecule has 0 atom stereocenters. The largest absolute Gasteiger partial charge is 0.453 e. The van der Waals surface area contributed by atoms with E-state index in [-0.39, 0.29) is 11.3 Å². The molecule has 0 amide bonds. The fourth-order valence-electron chi connectivity index (χ4n) is 4.51. The summed E-state index contributed by atoms with van der Waals surface area (Å²) < 4.78 is 34.9. The van der Waals surface area contributed by atoms with Crippen molar-refractivity contribution in [1.82, 2.24) is 4.98 Å². The minimum Gasteiger partial charge on any atom is -0.453 e. The van der Waals surface area contributed by atoms with Gasteiger partial charge in [-0.15, -0.1) is 0 Å². The summed E-state index contributed by atoms with van der Waals surface area (Å²) in [4.78, 5) is 4.15. The molecule has 3 aromatic rings. The average Bonchev–Trinajstić information content (AvgIpc) is 2.69. The van der Waals surface area contributed by atoms with E-state index in [1.165, 1.54) is 6.07 Å². The molecule has 3 heterocycles. The van der Waals surface area contributed by atoms with E-state index in [1.807, 2.05) is 31.2 Å². The van der Waals surface area contributed by atoms with Crippen LogP contribution in [0.2, 0.25) is 0 Å². The van der Waals surface area contributed by atoms with Crippen molar-refractivity contribution in [3.05, 3.63) is 82.7 Å². The minimum atomic E-state index is -0.720. The summed E-state index contributed by atoms with van der Waals surface area (Å²) in [5, 5.41) is 3.54. The lowest BCUT2D eigenvalue weighted by atomic mass is 9.83. The monoisotopic (exact) mass is 416 g/mol. The number of benzene rings is 2. The molecule has 0 aliphatic carbocycles. The summed E-state index contributed by atoms with van der Waals surface area (Å²) >= 11 is 0. The van der Waals surface area contributed by atoms with Gasteiger partial charge in [0.25, 0.3) is 0 Å². The Labute approximate surface area is 180 Å². The van der Waals surface area contributed by atoms with Gasteiger partial charge in [0.2, 0.25) is 0 Å². The first-order valence-electron chi connectivity index (χ1n) is 10.2. The smallest absolute Gasteiger partial charge is 0.171 e. The second kappa shape index (κ2) is 6.77. The lowest BCUT2D eigenvalue weighted by Crippen LogP contribution is -2.32. The van der Waals surface area contributed by atoms with Crippen molar-refractivity contribution in [2.45, 2.75) is 33.2 Å². The predicted octanol–water partition coefficient (Wildman–Crippen LogP) is 6.83. The zero-order valence-electron chi connectivity index (χ0n) is 17.8. The van der Waals surface area contributed by atoms with Crippen LogP contribution in [-0.2, 0) is 0 Å². The fraction of sp³-hybridized carbons (Fsp3) is 0.192. The van der Waals surface area contributed by atoms with Crippen LogP contribution in [0.5, 0.6) is 5.75 Å². The van der Waals surface area contributed by atoms with Gasteiger partial charge in [0.1, 0.15) is 11.6 Å². The van der Waals surface area contributed by atoms with Gasteiger partial charge in [-0.05, 0) is 74.2 Å². The Morgan fingerprint density at radius 3 is 2.61 bits per heavy atom. The van der Waals surface area contributed by atoms with Gasteiger partial charge in [-0.1, -0.05) is 12.1 Å². The fourth-order valence-corrected chi connectivity index (χ4v) is 4.51. The van der Waals surface area contributed by atoms with E-state index in [2.05, 4.69) is 37.1 Å². The van der Waals surface area contributed by atoms with Crippen LogP contribution in [0.15, 0.2) is 48.8 Å². The van der Waals surface area contributed by atoms with Gasteiger partial charge in [0.15, 0.2) is 11.6 Å². The molecule has 0 saturated carbocycles. The third-order valence-electron chi connectivity index (χ3n) is 5.74. The summed E-state index contributed by atoms with van der Waals surface area (Å²) in [7, 11) is 0. The number of hydrogen-bond acceptors (Lipinski definition) is 3. The molecule has 0 spiro atoms. The predicted molar refractivity (Wildman–Crippen MR) is 121 cm³/mol. The zero-order valence-corrected chi connectivity index (χ0v) is 17.8. The number of ether oxygens (including phenoxy) is 1. The standard InChI is InChI=1S/C26H22F2N2O/c1-14-12-26(3,4)30-21-6-5-18-19-10-17(27)11-20(28)25(19)31-22(24(18)23(14)21)9-16-7-8-29-13-15(16)2/h5-13,30H,1-4H3/b22-9-. The number of halogens is 2. The Morgan fingerprint density at radius 1 is 1.03 bits per heavy atom. The molecular weight excluding hydrogens is 394 g/mol. The zero-order chi connectivity index (χ0) is 21.9. The number of allylic oxidation sites excluding steroid dienone is 1. The van der Waals surface area contributed by atoms with Gasteiger partial charge >= 0.3 is 0 Å². The Morgan fingerprint density at radius 2 is 1.84 bits per heavy atom. The van der Waals surface area contributed by atoms with Crippen molar-refractivity contribution in [2.75, 3.05) is 5.32 Å². The van der Waals surface area contributed by atoms with Gasteiger partial charge in [-0.3, -0.25) is 4.98 Å². The number of hydrogen-bond donors (Lipinski definition) is 1. The SMILES string of the molecule is CC1=CC(C)(C)Nc2ccc3c(c21)/C(=C/c1ccncc1C)Oc1c(F)cc(F)cc1-3. The number of rotatable bonds is 1. The van der Waals surface area contributed by atoms with Gasteiger partial charge in [0.05, 0.1) is 5.54 Å². The van der Waals surface area contributed by atoms with Crippen molar-refractivity contribution >= 4 is 23.1 Å². The van der Waals surface area contributed by atoms with Crippen LogP contribution in [-0.4, -0.2) is 10.5 Å². The highest BCUT2D eigenvalue weighted by Crippen LogP contribution is 2.50. The highest BCUT2D eigenvalue weighted by atomic mass is 19.1. The van der Waals surface area contributed by atoms with Gasteiger partial charge in [-0.2, -0.15) is 0 Å². The van der Waals surface area contributed by atoms with E-state index in [1.54, 1.807) is 12.4 Å². The third kappa shape index (κ3) is 3.21. The molecule has 31 heavy (non-hydrogen) atoms. The molecule has 5 heteroatoms. The number of aromatic nitrogens is 1. The van der Waals surface area contributed by atoms with Crippen molar-refractivity contribution in [3.8, 4) is 16.9 Å². The Balaban J connectivity index is 1.84. The van der Waals surface area contributed by atoms with Crippen LogP contribution in [0.1, 0.15) is 43.0 Å². The molecule has 3 nitrogen and oxygen atoms in total. The van der Waals surface area contributed by atoms with Crippen molar-refractivity contribution in [1.29, 1.82) is 0 Å². The summed E-state index contributed by atoms with van der Waals surface area (Å²) in [5.74, 6) is -0.791. The van der Waals surface area contributed by atoms with E-state index in [9.17, 15) is 8.78 Å². The first-order chi connectivity index (χ1) is 14.7. The molecule has 1 N–H and O–H groups in total. The molecule has 2 aliphatic rings. The normalized spacial score (nSPS) is 17.1. The van der Waals surface area contributed by atoms with Crippen LogP contribution < -0.4 is 10.1 Å². The quantitative estimate of drug-likeness (QED) is 0.472. The maximum Gasteiger partial charge on any atom is 0.171 e. The molecule has 0 fully saturated rings. The lowest BCUT2D eigenvalue weighted by molar-refractivity contribution is 0.460. The first-order valence-corrected chi connectivity index (χ1v) is 10.2. The van der Waals surface area contributed by atoms with Gasteiger partial charge in [-0.25, -0.2) is 8.78 Å². The molecule has 156 valence electrons. The summed E-state index contributed by atoms with van der Waals surface area (Å²) in [6, 6.07) is 7.95. The van der Waals surface area contributed by atoms with Crippen LogP contribution in [0.25, 0.3) is 28.5 Å². The van der Waals surface area contributed by atoms with Crippen molar-refractivity contribution < 1.29 is 13.5 Å². The number of aryl methyl sites for hydroxylation is 1. The Bertz CT molecular complexity index is 1300. The molecule has 0 saturated heterocycles. The van der Waals surface area contributed by atoms with Crippen LogP contribution >= 0.6 is 0 Å². The highest BCUT2D eigenvalue weighted by Gasteiger charge is 2.32. The molecule has 5 rings (SSSR count). The number of anilines is 1. The molecule has 2 aliphatic heterocycles. The topological polar surface area (TPSA) is 34.2 Å². The number of nitrogens with one attached hydrogen (secondary N) is 1. The molecular formula is C26H22F2N2O. The Hall–Kier alpha value is -3.47. The van der Waals surface area contributed by atoms with Crippen LogP contribution in [0, 0.1) is 18.6 Å². The maximum atomic E-state index is 14.7. The summed E-state index contributed by atoms with van der Waals surface area (Å²) in [5.41, 5.74) is 6.69. The summed E-state index contributed by atoms with van der Waals surface area (Å²) in [6.45, 7) is 8.22. The Kier molecular flexibility index (Phi) is 4.26. The average molecular weight is 416 g/mol. The first kappa shape index (κ1) is 19.5. The molecule has 2 aromatic carbocycles. The second-order valence-corrected chi connectivity index (χ2v) is 8.69. The van der Waals surface area contributed by atoms with Crippen molar-refractivity contribution in [2.24, 2.45) is 0 Å². The number of nitrogens with zero attached hydrogens (tertiary/aromatic N) is 1. The molecule has 0 unspecified atom stereocenters. The second-order valence-electron chi connectivity index (χ2n) is 8.69. The lowest BCUT2D eigenvalue weighted by Gasteiger charge is -2.35. The van der Waals surface area contributed by atoms with Gasteiger partial charge in [0, 0.05) is 40.8 Å². The van der Waals surface area contributed by atoms with Crippen LogP contribution in [0.4, 0.5) is 14.5 Å². The van der Waals surface area contributed by atoms with E-state index in [0.29, 0.717) is 11.3 Å². The third-order valence-corrected chi connectivity index (χ3v) is 5.74. The maximum absolute atomic E-state index is 14.7. The van der Waals surface area contributed by atoms with Crippen LogP contribution in [0.3, 0.4) is 0 Å². The molecule has 1 aromatic heterocycles. The van der Waals surface area contributed by atoms with E-state index >= 15 is 0 Å². The van der Waals surface area contributed by atoms with Gasteiger partial charge < -0.3 is 10.1 Å². The number of pyridine rings is 1. The molecule has 0 radical (unpaired) electrons.